The summed E-state index contributed by atoms with van der Waals surface area (Å²) in [5.74, 6) is 0. The molecule has 4 rings (SSSR count). The number of aromatic nitrogens is 4. The predicted octanol–water partition coefficient (Wildman–Crippen LogP) is 1.28. The van der Waals surface area contributed by atoms with Crippen molar-refractivity contribution < 1.29 is 0 Å². The number of nitrogens with zero attached hydrogens (tertiary/aromatic N) is 4. The minimum Gasteiger partial charge on any atom is -0.320 e. The molecule has 2 heterocycles. The highest BCUT2D eigenvalue weighted by atomic mass is 16.2. The molecular weight excluding hydrogens is 280 g/mol. The lowest BCUT2D eigenvalue weighted by atomic mass is 10.2. The summed E-state index contributed by atoms with van der Waals surface area (Å²) >= 11 is 0. The first-order valence-corrected chi connectivity index (χ1v) is 7.37. The molecule has 0 bridgehead atoms. The lowest BCUT2D eigenvalue weighted by molar-refractivity contribution is 0.637. The van der Waals surface area contributed by atoms with Gasteiger partial charge in [-0.1, -0.05) is 30.3 Å². The minimum atomic E-state index is -0.287. The Bertz CT molecular complexity index is 961. The van der Waals surface area contributed by atoms with E-state index in [2.05, 4.69) is 4.98 Å². The molecule has 0 unspecified atom stereocenters. The minimum absolute atomic E-state index is 0.182. The van der Waals surface area contributed by atoms with Crippen molar-refractivity contribution in [3.63, 3.8) is 0 Å². The summed E-state index contributed by atoms with van der Waals surface area (Å²) in [7, 11) is 1.53. The van der Waals surface area contributed by atoms with E-state index in [1.807, 2.05) is 34.9 Å². The van der Waals surface area contributed by atoms with Gasteiger partial charge in [-0.3, -0.25) is 13.9 Å². The van der Waals surface area contributed by atoms with Crippen LogP contribution in [0.4, 0.5) is 0 Å². The van der Waals surface area contributed by atoms with Crippen LogP contribution in [0.3, 0.4) is 0 Å². The van der Waals surface area contributed by atoms with Crippen LogP contribution < -0.4 is 11.2 Å². The summed E-state index contributed by atoms with van der Waals surface area (Å²) in [5, 5.41) is 0. The molecule has 0 spiro atoms. The number of hydrogen-bond acceptors (Lipinski definition) is 3. The van der Waals surface area contributed by atoms with Gasteiger partial charge in [0.25, 0.3) is 5.56 Å². The van der Waals surface area contributed by atoms with Gasteiger partial charge in [0.1, 0.15) is 0 Å². The molecule has 112 valence electrons. The summed E-state index contributed by atoms with van der Waals surface area (Å²) in [6.07, 6.45) is 3.59. The van der Waals surface area contributed by atoms with E-state index < -0.39 is 0 Å². The number of hydrogen-bond donors (Lipinski definition) is 0. The maximum Gasteiger partial charge on any atom is 0.332 e. The van der Waals surface area contributed by atoms with E-state index in [9.17, 15) is 9.59 Å². The Kier molecular flexibility index (Phi) is 2.79. The van der Waals surface area contributed by atoms with Crippen LogP contribution in [0.25, 0.3) is 11.2 Å². The van der Waals surface area contributed by atoms with Crippen molar-refractivity contribution in [2.75, 3.05) is 0 Å². The van der Waals surface area contributed by atoms with Crippen LogP contribution in [0.15, 0.2) is 46.2 Å². The topological polar surface area (TPSA) is 61.8 Å². The summed E-state index contributed by atoms with van der Waals surface area (Å²) in [5.41, 5.74) is 1.53. The second-order valence-corrected chi connectivity index (χ2v) is 5.78. The monoisotopic (exact) mass is 296 g/mol. The highest BCUT2D eigenvalue weighted by Gasteiger charge is 2.29. The first-order chi connectivity index (χ1) is 10.7. The third-order valence-electron chi connectivity index (χ3n) is 4.15. The van der Waals surface area contributed by atoms with E-state index in [-0.39, 0.29) is 17.3 Å². The summed E-state index contributed by atoms with van der Waals surface area (Å²) in [4.78, 5) is 29.2. The molecule has 6 heteroatoms. The number of fused-ring (bicyclic) bond motifs is 1. The largest absolute Gasteiger partial charge is 0.332 e. The Morgan fingerprint density at radius 3 is 2.59 bits per heavy atom. The third kappa shape index (κ3) is 1.91. The van der Waals surface area contributed by atoms with Gasteiger partial charge in [-0.05, 0) is 18.4 Å². The van der Waals surface area contributed by atoms with Gasteiger partial charge in [0.2, 0.25) is 0 Å². The normalized spacial score (nSPS) is 14.6. The lowest BCUT2D eigenvalue weighted by Gasteiger charge is -2.09. The van der Waals surface area contributed by atoms with Crippen molar-refractivity contribution >= 4 is 11.2 Å². The zero-order chi connectivity index (χ0) is 15.3. The van der Waals surface area contributed by atoms with Crippen molar-refractivity contribution in [2.45, 2.75) is 25.4 Å². The van der Waals surface area contributed by atoms with Crippen LogP contribution in [0.2, 0.25) is 0 Å². The molecule has 6 nitrogen and oxygen atoms in total. The lowest BCUT2D eigenvalue weighted by Crippen LogP contribution is -2.38. The van der Waals surface area contributed by atoms with Gasteiger partial charge < -0.3 is 4.57 Å². The molecule has 0 saturated heterocycles. The first-order valence-electron chi connectivity index (χ1n) is 7.37. The Balaban J connectivity index is 1.95. The van der Waals surface area contributed by atoms with Crippen molar-refractivity contribution in [3.05, 3.63) is 63.1 Å². The predicted molar refractivity (Wildman–Crippen MR) is 83.0 cm³/mol. The van der Waals surface area contributed by atoms with Crippen molar-refractivity contribution in [3.8, 4) is 0 Å². The number of imidazole rings is 1. The molecule has 0 aliphatic heterocycles. The van der Waals surface area contributed by atoms with Crippen molar-refractivity contribution in [1.29, 1.82) is 0 Å². The molecule has 1 saturated carbocycles. The maximum atomic E-state index is 12.5. The van der Waals surface area contributed by atoms with Crippen LogP contribution in [0, 0.1) is 0 Å². The van der Waals surface area contributed by atoms with E-state index in [1.54, 1.807) is 10.9 Å². The molecule has 1 aliphatic carbocycles. The molecule has 1 fully saturated rings. The molecule has 0 N–H and O–H groups in total. The summed E-state index contributed by atoms with van der Waals surface area (Å²) in [6.45, 7) is 0.565. The van der Waals surface area contributed by atoms with Gasteiger partial charge in [-0.25, -0.2) is 9.78 Å². The van der Waals surface area contributed by atoms with Gasteiger partial charge in [0.15, 0.2) is 11.2 Å². The van der Waals surface area contributed by atoms with Crippen LogP contribution >= 0.6 is 0 Å². The number of rotatable bonds is 3. The van der Waals surface area contributed by atoms with Crippen LogP contribution in [0.5, 0.6) is 0 Å². The Morgan fingerprint density at radius 1 is 1.18 bits per heavy atom. The highest BCUT2D eigenvalue weighted by Crippen LogP contribution is 2.34. The molecule has 0 atom stereocenters. The molecular formula is C16H16N4O2. The quantitative estimate of drug-likeness (QED) is 0.731. The molecule has 3 aromatic rings. The fraction of sp³-hybridized carbons (Fsp3) is 0.312. The van der Waals surface area contributed by atoms with E-state index in [0.717, 1.165) is 18.4 Å². The second-order valence-electron chi connectivity index (χ2n) is 5.78. The summed E-state index contributed by atoms with van der Waals surface area (Å²) in [6, 6.07) is 10.1. The zero-order valence-corrected chi connectivity index (χ0v) is 12.3. The van der Waals surface area contributed by atoms with Crippen LogP contribution in [-0.4, -0.2) is 18.7 Å². The smallest absolute Gasteiger partial charge is 0.320 e. The van der Waals surface area contributed by atoms with E-state index in [1.165, 1.54) is 11.6 Å². The van der Waals surface area contributed by atoms with Gasteiger partial charge >= 0.3 is 5.69 Å². The molecule has 22 heavy (non-hydrogen) atoms. The molecule has 1 aliphatic rings. The van der Waals surface area contributed by atoms with Crippen LogP contribution in [-0.2, 0) is 13.6 Å². The van der Waals surface area contributed by atoms with Gasteiger partial charge in [-0.2, -0.15) is 0 Å². The third-order valence-corrected chi connectivity index (χ3v) is 4.15. The maximum absolute atomic E-state index is 12.5. The Morgan fingerprint density at radius 2 is 1.91 bits per heavy atom. The Labute approximate surface area is 126 Å². The Hall–Kier alpha value is -2.63. The fourth-order valence-electron chi connectivity index (χ4n) is 2.83. The van der Waals surface area contributed by atoms with Gasteiger partial charge in [-0.15, -0.1) is 0 Å². The highest BCUT2D eigenvalue weighted by molar-refractivity contribution is 5.70. The van der Waals surface area contributed by atoms with Gasteiger partial charge in [0.05, 0.1) is 6.33 Å². The van der Waals surface area contributed by atoms with E-state index >= 15 is 0 Å². The van der Waals surface area contributed by atoms with E-state index in [0.29, 0.717) is 17.7 Å². The van der Waals surface area contributed by atoms with Crippen molar-refractivity contribution in [2.24, 2.45) is 7.05 Å². The first kappa shape index (κ1) is 13.1. The fourth-order valence-corrected chi connectivity index (χ4v) is 2.83. The standard InChI is InChI=1S/C16H16N4O2/c1-18-15(21)13-14(20(16(18)22)12-7-8-12)17-10-19(13)9-11-5-3-2-4-6-11/h2-6,10,12H,7-9H2,1H3. The van der Waals surface area contributed by atoms with E-state index in [4.69, 9.17) is 0 Å². The van der Waals surface area contributed by atoms with Gasteiger partial charge in [0, 0.05) is 19.6 Å². The molecule has 1 aromatic carbocycles. The molecule has 0 amide bonds. The van der Waals surface area contributed by atoms with Crippen LogP contribution in [0.1, 0.15) is 24.4 Å². The molecule has 0 radical (unpaired) electrons. The average molecular weight is 296 g/mol. The second kappa shape index (κ2) is 4.69. The number of benzene rings is 1. The summed E-state index contributed by atoms with van der Waals surface area (Å²) < 4.78 is 4.67. The SMILES string of the molecule is Cn1c(=O)c2c(ncn2Cc2ccccc2)n(C2CC2)c1=O. The average Bonchev–Trinajstić information content (AvgIpc) is 3.28. The molecule has 2 aromatic heterocycles. The zero-order valence-electron chi connectivity index (χ0n) is 12.3. The van der Waals surface area contributed by atoms with Crippen molar-refractivity contribution in [1.82, 2.24) is 18.7 Å².